The third-order valence-corrected chi connectivity index (χ3v) is 3.84. The van der Waals surface area contributed by atoms with E-state index in [0.717, 1.165) is 11.8 Å². The van der Waals surface area contributed by atoms with Gasteiger partial charge in [0.05, 0.1) is 17.6 Å². The zero-order valence-electron chi connectivity index (χ0n) is 13.4. The van der Waals surface area contributed by atoms with Gasteiger partial charge in [0.1, 0.15) is 0 Å². The predicted molar refractivity (Wildman–Crippen MR) is 93.6 cm³/mol. The highest BCUT2D eigenvalue weighted by molar-refractivity contribution is 7.92. The fourth-order valence-corrected chi connectivity index (χ4v) is 2.70. The van der Waals surface area contributed by atoms with Crippen molar-refractivity contribution in [1.82, 2.24) is 5.32 Å². The Hall–Kier alpha value is -2.94. The second kappa shape index (κ2) is 7.75. The van der Waals surface area contributed by atoms with E-state index in [4.69, 9.17) is 0 Å². The maximum absolute atomic E-state index is 12.0. The van der Waals surface area contributed by atoms with Crippen LogP contribution >= 0.6 is 0 Å². The van der Waals surface area contributed by atoms with Gasteiger partial charge in [-0.3, -0.25) is 19.6 Å². The molecule has 0 aliphatic rings. The number of nitro groups is 1. The van der Waals surface area contributed by atoms with Crippen molar-refractivity contribution in [2.75, 3.05) is 11.0 Å². The predicted octanol–water partition coefficient (Wildman–Crippen LogP) is 1.83. The summed E-state index contributed by atoms with van der Waals surface area (Å²) < 4.78 is 24.8. The average Bonchev–Trinajstić information content (AvgIpc) is 2.52. The monoisotopic (exact) mass is 363 g/mol. The molecule has 0 heterocycles. The molecule has 0 atom stereocenters. The maximum atomic E-state index is 12.0. The number of benzene rings is 2. The van der Waals surface area contributed by atoms with E-state index in [2.05, 4.69) is 10.0 Å². The molecule has 2 rings (SSSR count). The molecule has 0 saturated carbocycles. The minimum absolute atomic E-state index is 0.0284. The molecule has 0 spiro atoms. The van der Waals surface area contributed by atoms with Gasteiger partial charge in [-0.25, -0.2) is 8.42 Å². The minimum atomic E-state index is -3.36. The van der Waals surface area contributed by atoms with E-state index in [-0.39, 0.29) is 24.6 Å². The molecule has 2 aromatic rings. The smallest absolute Gasteiger partial charge is 0.269 e. The van der Waals surface area contributed by atoms with Gasteiger partial charge in [0.2, 0.25) is 15.9 Å². The van der Waals surface area contributed by atoms with Crippen molar-refractivity contribution in [3.05, 3.63) is 69.8 Å². The largest absolute Gasteiger partial charge is 0.352 e. The summed E-state index contributed by atoms with van der Waals surface area (Å²) in [5.74, 6) is -0.240. The molecule has 0 radical (unpaired) electrons. The number of nitrogens with one attached hydrogen (secondary N) is 2. The third-order valence-electron chi connectivity index (χ3n) is 3.23. The fourth-order valence-electron chi connectivity index (χ4n) is 2.14. The molecule has 1 amide bonds. The zero-order valence-corrected chi connectivity index (χ0v) is 14.2. The summed E-state index contributed by atoms with van der Waals surface area (Å²) in [6, 6.07) is 12.5. The number of amides is 1. The van der Waals surface area contributed by atoms with Crippen molar-refractivity contribution in [2.45, 2.75) is 13.0 Å². The fraction of sp³-hybridized carbons (Fsp3) is 0.188. The van der Waals surface area contributed by atoms with Gasteiger partial charge in [0, 0.05) is 24.4 Å². The Kier molecular flexibility index (Phi) is 5.71. The number of carbonyl (C=O) groups is 1. The molecule has 2 N–H and O–H groups in total. The van der Waals surface area contributed by atoms with Gasteiger partial charge in [0.25, 0.3) is 5.69 Å². The number of hydrogen-bond acceptors (Lipinski definition) is 5. The number of nitro benzene ring substituents is 1. The Balaban J connectivity index is 1.91. The van der Waals surface area contributed by atoms with Gasteiger partial charge in [-0.1, -0.05) is 24.3 Å². The van der Waals surface area contributed by atoms with Crippen LogP contribution in [0.1, 0.15) is 11.1 Å². The van der Waals surface area contributed by atoms with Crippen molar-refractivity contribution >= 4 is 27.3 Å². The molecule has 0 saturated heterocycles. The van der Waals surface area contributed by atoms with Crippen LogP contribution in [0, 0.1) is 10.1 Å². The summed E-state index contributed by atoms with van der Waals surface area (Å²) in [5.41, 5.74) is 1.80. The molecule has 132 valence electrons. The SMILES string of the molecule is CS(=O)(=O)Nc1cccc(CNC(=O)Cc2ccc([N+](=O)[O-])cc2)c1. The number of rotatable bonds is 7. The number of carbonyl (C=O) groups excluding carboxylic acids is 1. The molecule has 0 fully saturated rings. The lowest BCUT2D eigenvalue weighted by Gasteiger charge is -2.08. The summed E-state index contributed by atoms with van der Waals surface area (Å²) in [6.45, 7) is 0.241. The van der Waals surface area contributed by atoms with E-state index in [1.807, 2.05) is 0 Å². The number of nitrogens with zero attached hydrogens (tertiary/aromatic N) is 1. The van der Waals surface area contributed by atoms with E-state index in [1.54, 1.807) is 24.3 Å². The van der Waals surface area contributed by atoms with Gasteiger partial charge in [0.15, 0.2) is 0 Å². The number of hydrogen-bond donors (Lipinski definition) is 2. The molecule has 8 nitrogen and oxygen atoms in total. The lowest BCUT2D eigenvalue weighted by Crippen LogP contribution is -2.24. The van der Waals surface area contributed by atoms with Crippen LogP contribution in [0.5, 0.6) is 0 Å². The first kappa shape index (κ1) is 18.4. The molecule has 0 aliphatic heterocycles. The summed E-state index contributed by atoms with van der Waals surface area (Å²) in [5, 5.41) is 13.3. The normalized spacial score (nSPS) is 10.9. The van der Waals surface area contributed by atoms with Crippen LogP contribution in [0.3, 0.4) is 0 Å². The van der Waals surface area contributed by atoms with Crippen molar-refractivity contribution < 1.29 is 18.1 Å². The summed E-state index contributed by atoms with van der Waals surface area (Å²) >= 11 is 0. The topological polar surface area (TPSA) is 118 Å². The maximum Gasteiger partial charge on any atom is 0.269 e. The van der Waals surface area contributed by atoms with Gasteiger partial charge in [-0.2, -0.15) is 0 Å². The molecule has 25 heavy (non-hydrogen) atoms. The molecule has 0 unspecified atom stereocenters. The van der Waals surface area contributed by atoms with E-state index in [0.29, 0.717) is 11.3 Å². The Morgan fingerprint density at radius 1 is 1.12 bits per heavy atom. The molecule has 0 aromatic heterocycles. The van der Waals surface area contributed by atoms with E-state index < -0.39 is 14.9 Å². The molecule has 2 aromatic carbocycles. The highest BCUT2D eigenvalue weighted by Crippen LogP contribution is 2.13. The summed E-state index contributed by atoms with van der Waals surface area (Å²) in [6.07, 6.45) is 1.16. The standard InChI is InChI=1S/C16H17N3O5S/c1-25(23,24)18-14-4-2-3-13(9-14)11-17-16(20)10-12-5-7-15(8-6-12)19(21)22/h2-9,18H,10-11H2,1H3,(H,17,20). The van der Waals surface area contributed by atoms with Crippen LogP contribution in [0.15, 0.2) is 48.5 Å². The van der Waals surface area contributed by atoms with E-state index in [9.17, 15) is 23.3 Å². The van der Waals surface area contributed by atoms with Crippen LogP contribution in [-0.2, 0) is 27.8 Å². The summed E-state index contributed by atoms with van der Waals surface area (Å²) in [4.78, 5) is 22.1. The van der Waals surface area contributed by atoms with Crippen molar-refractivity contribution in [3.63, 3.8) is 0 Å². The minimum Gasteiger partial charge on any atom is -0.352 e. The van der Waals surface area contributed by atoms with Crippen LogP contribution < -0.4 is 10.0 Å². The highest BCUT2D eigenvalue weighted by Gasteiger charge is 2.08. The third kappa shape index (κ3) is 6.22. The van der Waals surface area contributed by atoms with Gasteiger partial charge < -0.3 is 5.32 Å². The van der Waals surface area contributed by atoms with Crippen LogP contribution in [0.4, 0.5) is 11.4 Å². The molecular formula is C16H17N3O5S. The quantitative estimate of drug-likeness (QED) is 0.574. The van der Waals surface area contributed by atoms with Crippen molar-refractivity contribution in [2.24, 2.45) is 0 Å². The number of non-ortho nitro benzene ring substituents is 1. The number of anilines is 1. The first-order valence-corrected chi connectivity index (χ1v) is 9.19. The first-order valence-electron chi connectivity index (χ1n) is 7.30. The molecule has 0 bridgehead atoms. The lowest BCUT2D eigenvalue weighted by atomic mass is 10.1. The second-order valence-corrected chi connectivity index (χ2v) is 7.20. The van der Waals surface area contributed by atoms with Crippen LogP contribution in [0.2, 0.25) is 0 Å². The lowest BCUT2D eigenvalue weighted by molar-refractivity contribution is -0.384. The van der Waals surface area contributed by atoms with Gasteiger partial charge >= 0.3 is 0 Å². The van der Waals surface area contributed by atoms with E-state index in [1.165, 1.54) is 24.3 Å². The highest BCUT2D eigenvalue weighted by atomic mass is 32.2. The van der Waals surface area contributed by atoms with Crippen molar-refractivity contribution in [1.29, 1.82) is 0 Å². The zero-order chi connectivity index (χ0) is 18.4. The number of sulfonamides is 1. The molecular weight excluding hydrogens is 346 g/mol. The van der Waals surface area contributed by atoms with Crippen LogP contribution in [0.25, 0.3) is 0 Å². The Morgan fingerprint density at radius 3 is 2.40 bits per heavy atom. The average molecular weight is 363 g/mol. The molecule has 9 heteroatoms. The van der Waals surface area contributed by atoms with E-state index >= 15 is 0 Å². The second-order valence-electron chi connectivity index (χ2n) is 5.45. The van der Waals surface area contributed by atoms with Gasteiger partial charge in [-0.05, 0) is 23.3 Å². The molecule has 0 aliphatic carbocycles. The van der Waals surface area contributed by atoms with Crippen LogP contribution in [-0.4, -0.2) is 25.5 Å². The Morgan fingerprint density at radius 2 is 1.80 bits per heavy atom. The van der Waals surface area contributed by atoms with Crippen molar-refractivity contribution in [3.8, 4) is 0 Å². The Bertz CT molecular complexity index is 879. The Labute approximate surface area is 145 Å². The van der Waals surface area contributed by atoms with Gasteiger partial charge in [-0.15, -0.1) is 0 Å². The first-order chi connectivity index (χ1) is 11.7. The summed E-state index contributed by atoms with van der Waals surface area (Å²) in [7, 11) is -3.36.